The molecule has 0 saturated carbocycles. The molecule has 0 fully saturated rings. The summed E-state index contributed by atoms with van der Waals surface area (Å²) in [7, 11) is -2.72. The van der Waals surface area contributed by atoms with Gasteiger partial charge in [-0.1, -0.05) is 78.9 Å². The van der Waals surface area contributed by atoms with Gasteiger partial charge >= 0.3 is 0 Å². The maximum absolute atomic E-state index is 14.8. The molecule has 2 amide bonds. The van der Waals surface area contributed by atoms with E-state index in [-0.39, 0.29) is 23.4 Å². The minimum absolute atomic E-state index is 0.0158. The second kappa shape index (κ2) is 13.2. The lowest BCUT2D eigenvalue weighted by molar-refractivity contribution is -0.139. The van der Waals surface area contributed by atoms with E-state index in [1.807, 2.05) is 43.3 Å². The van der Waals surface area contributed by atoms with Crippen LogP contribution in [0.5, 0.6) is 0 Å². The molecule has 0 spiro atoms. The lowest BCUT2D eigenvalue weighted by Crippen LogP contribution is -2.53. The number of anilines is 1. The Kier molecular flexibility index (Phi) is 9.52. The number of amides is 2. The molecule has 1 N–H and O–H groups in total. The number of likely N-dealkylation sites (N-methyl/N-ethyl adjacent to an activating group) is 1. The molecule has 0 aliphatic rings. The lowest BCUT2D eigenvalue weighted by atomic mass is 10.0. The number of carbonyl (C=O) groups is 2. The van der Waals surface area contributed by atoms with Gasteiger partial charge < -0.3 is 10.2 Å². The highest BCUT2D eigenvalue weighted by Crippen LogP contribution is 2.26. The summed E-state index contributed by atoms with van der Waals surface area (Å²) < 4.78 is 43.6. The van der Waals surface area contributed by atoms with E-state index >= 15 is 0 Å². The van der Waals surface area contributed by atoms with E-state index in [9.17, 15) is 22.4 Å². The number of benzene rings is 4. The normalized spacial score (nSPS) is 11.9. The van der Waals surface area contributed by atoms with E-state index in [2.05, 4.69) is 5.32 Å². The van der Waals surface area contributed by atoms with Crippen molar-refractivity contribution in [1.82, 2.24) is 10.2 Å². The van der Waals surface area contributed by atoms with Crippen LogP contribution < -0.4 is 9.62 Å². The van der Waals surface area contributed by atoms with Crippen molar-refractivity contribution < 1.29 is 22.4 Å². The summed E-state index contributed by atoms with van der Waals surface area (Å²) in [6.07, 6.45) is 0.149. The van der Waals surface area contributed by atoms with E-state index in [1.165, 1.54) is 42.3 Å². The quantitative estimate of drug-likeness (QED) is 0.282. The molecule has 0 aromatic heterocycles. The summed E-state index contributed by atoms with van der Waals surface area (Å²) in [5.41, 5.74) is 2.10. The lowest BCUT2D eigenvalue weighted by Gasteiger charge is -2.33. The fourth-order valence-electron chi connectivity index (χ4n) is 4.56. The summed E-state index contributed by atoms with van der Waals surface area (Å²) in [4.78, 5) is 28.7. The Morgan fingerprint density at radius 1 is 0.854 bits per heavy atom. The monoisotopic (exact) mass is 573 g/mol. The highest BCUT2D eigenvalue weighted by molar-refractivity contribution is 7.92. The third-order valence-corrected chi connectivity index (χ3v) is 8.50. The molecule has 1 atom stereocenters. The molecular weight excluding hydrogens is 541 g/mol. The average molecular weight is 574 g/mol. The van der Waals surface area contributed by atoms with Crippen LogP contribution in [0.25, 0.3) is 0 Å². The van der Waals surface area contributed by atoms with Crippen molar-refractivity contribution in [2.24, 2.45) is 0 Å². The van der Waals surface area contributed by atoms with Gasteiger partial charge in [0.2, 0.25) is 11.8 Å². The first-order chi connectivity index (χ1) is 19.7. The van der Waals surface area contributed by atoms with Gasteiger partial charge in [-0.3, -0.25) is 13.9 Å². The van der Waals surface area contributed by atoms with Crippen molar-refractivity contribution in [3.63, 3.8) is 0 Å². The molecular formula is C32H32FN3O4S. The van der Waals surface area contributed by atoms with Crippen molar-refractivity contribution in [1.29, 1.82) is 0 Å². The number of carbonyl (C=O) groups excluding carboxylic acids is 2. The van der Waals surface area contributed by atoms with Crippen LogP contribution >= 0.6 is 0 Å². The molecule has 212 valence electrons. The van der Waals surface area contributed by atoms with E-state index in [1.54, 1.807) is 42.5 Å². The van der Waals surface area contributed by atoms with Crippen molar-refractivity contribution in [2.45, 2.75) is 30.8 Å². The minimum atomic E-state index is -4.18. The van der Waals surface area contributed by atoms with Gasteiger partial charge in [0, 0.05) is 25.6 Å². The zero-order valence-corrected chi connectivity index (χ0v) is 23.7. The van der Waals surface area contributed by atoms with Crippen molar-refractivity contribution in [2.75, 3.05) is 17.9 Å². The van der Waals surface area contributed by atoms with Crippen LogP contribution in [0, 0.1) is 12.7 Å². The summed E-state index contributed by atoms with van der Waals surface area (Å²) in [5.74, 6) is -1.64. The summed E-state index contributed by atoms with van der Waals surface area (Å²) in [5, 5.41) is 2.61. The molecule has 7 nitrogen and oxygen atoms in total. The first-order valence-corrected chi connectivity index (χ1v) is 14.6. The Hall–Kier alpha value is -4.50. The van der Waals surface area contributed by atoms with Gasteiger partial charge in [0.25, 0.3) is 10.0 Å². The van der Waals surface area contributed by atoms with Gasteiger partial charge in [-0.15, -0.1) is 0 Å². The van der Waals surface area contributed by atoms with E-state index in [4.69, 9.17) is 0 Å². The van der Waals surface area contributed by atoms with Crippen LogP contribution in [-0.2, 0) is 32.6 Å². The predicted molar refractivity (Wildman–Crippen MR) is 157 cm³/mol. The Balaban J connectivity index is 1.79. The van der Waals surface area contributed by atoms with Gasteiger partial charge in [-0.2, -0.15) is 0 Å². The average Bonchev–Trinajstić information content (AvgIpc) is 2.99. The number of aryl methyl sites for hydroxylation is 1. The smallest absolute Gasteiger partial charge is 0.264 e. The standard InChI is InChI=1S/C32H32FN3O4S/c1-24-12-11-16-27(20-24)36(41(39,40)28-17-7-4-8-18-28)23-31(37)35(22-26-15-9-10-19-29(26)33)30(32(38)34-2)21-25-13-5-3-6-14-25/h3-20,30H,21-23H2,1-2H3,(H,34,38). The number of rotatable bonds is 11. The zero-order chi connectivity index (χ0) is 29.4. The second-order valence-corrected chi connectivity index (χ2v) is 11.5. The Morgan fingerprint density at radius 3 is 2.12 bits per heavy atom. The van der Waals surface area contributed by atoms with Crippen LogP contribution in [0.3, 0.4) is 0 Å². The first-order valence-electron chi connectivity index (χ1n) is 13.1. The summed E-state index contributed by atoms with van der Waals surface area (Å²) in [6, 6.07) is 28.8. The number of nitrogens with one attached hydrogen (secondary N) is 1. The van der Waals surface area contributed by atoms with Crippen LogP contribution in [0.2, 0.25) is 0 Å². The topological polar surface area (TPSA) is 86.8 Å². The third-order valence-electron chi connectivity index (χ3n) is 6.72. The molecule has 0 heterocycles. The molecule has 41 heavy (non-hydrogen) atoms. The molecule has 0 aliphatic carbocycles. The maximum Gasteiger partial charge on any atom is 0.264 e. The molecule has 0 saturated heterocycles. The van der Waals surface area contributed by atoms with Crippen molar-refractivity contribution in [3.8, 4) is 0 Å². The molecule has 0 bridgehead atoms. The summed E-state index contributed by atoms with van der Waals surface area (Å²) >= 11 is 0. The van der Waals surface area contributed by atoms with Gasteiger partial charge in [-0.25, -0.2) is 12.8 Å². The predicted octanol–water partition coefficient (Wildman–Crippen LogP) is 4.72. The Labute approximate surface area is 240 Å². The minimum Gasteiger partial charge on any atom is -0.357 e. The molecule has 0 aliphatic heterocycles. The highest BCUT2D eigenvalue weighted by atomic mass is 32.2. The first kappa shape index (κ1) is 29.5. The van der Waals surface area contributed by atoms with E-state index < -0.39 is 40.2 Å². The zero-order valence-electron chi connectivity index (χ0n) is 22.9. The van der Waals surface area contributed by atoms with Crippen LogP contribution in [-0.4, -0.2) is 44.8 Å². The number of nitrogens with zero attached hydrogens (tertiary/aromatic N) is 2. The van der Waals surface area contributed by atoms with Crippen molar-refractivity contribution >= 4 is 27.5 Å². The van der Waals surface area contributed by atoms with E-state index in [0.717, 1.165) is 15.4 Å². The fourth-order valence-corrected chi connectivity index (χ4v) is 5.99. The molecule has 4 rings (SSSR count). The molecule has 1 unspecified atom stereocenters. The maximum atomic E-state index is 14.8. The number of sulfonamides is 1. The highest BCUT2D eigenvalue weighted by Gasteiger charge is 2.34. The van der Waals surface area contributed by atoms with E-state index in [0.29, 0.717) is 5.69 Å². The van der Waals surface area contributed by atoms with Gasteiger partial charge in [0.1, 0.15) is 18.4 Å². The second-order valence-electron chi connectivity index (χ2n) is 9.60. The van der Waals surface area contributed by atoms with Crippen LogP contribution in [0.1, 0.15) is 16.7 Å². The Bertz CT molecular complexity index is 1600. The molecule has 0 radical (unpaired) electrons. The van der Waals surface area contributed by atoms with Crippen LogP contribution in [0.4, 0.5) is 10.1 Å². The molecule has 9 heteroatoms. The largest absolute Gasteiger partial charge is 0.357 e. The summed E-state index contributed by atoms with van der Waals surface area (Å²) in [6.45, 7) is 0.992. The Morgan fingerprint density at radius 2 is 1.49 bits per heavy atom. The molecule has 4 aromatic carbocycles. The van der Waals surface area contributed by atoms with Crippen molar-refractivity contribution in [3.05, 3.63) is 132 Å². The number of hydrogen-bond donors (Lipinski definition) is 1. The SMILES string of the molecule is CNC(=O)C(Cc1ccccc1)N(Cc1ccccc1F)C(=O)CN(c1cccc(C)c1)S(=O)(=O)c1ccccc1. The molecule has 4 aromatic rings. The number of halogens is 1. The third kappa shape index (κ3) is 7.18. The fraction of sp³-hybridized carbons (Fsp3) is 0.188. The van der Waals surface area contributed by atoms with Crippen LogP contribution in [0.15, 0.2) is 114 Å². The number of hydrogen-bond acceptors (Lipinski definition) is 4. The van der Waals surface area contributed by atoms with Gasteiger partial charge in [0.05, 0.1) is 10.6 Å². The van der Waals surface area contributed by atoms with Gasteiger partial charge in [-0.05, 0) is 48.4 Å². The van der Waals surface area contributed by atoms with Gasteiger partial charge in [0.15, 0.2) is 0 Å².